The van der Waals surface area contributed by atoms with Gasteiger partial charge in [0.2, 0.25) is 5.91 Å². The number of halogens is 1. The molecule has 2 aromatic carbocycles. The summed E-state index contributed by atoms with van der Waals surface area (Å²) in [6.45, 7) is 7.18. The first kappa shape index (κ1) is 25.9. The first-order chi connectivity index (χ1) is 17.6. The van der Waals surface area contributed by atoms with E-state index in [0.717, 1.165) is 63.6 Å². The molecule has 6 heteroatoms. The number of amides is 1. The van der Waals surface area contributed by atoms with Gasteiger partial charge in [-0.25, -0.2) is 4.39 Å². The van der Waals surface area contributed by atoms with Crippen molar-refractivity contribution in [3.05, 3.63) is 65.0 Å². The largest absolute Gasteiger partial charge is 0.460 e. The van der Waals surface area contributed by atoms with Crippen LogP contribution in [0, 0.1) is 17.2 Å². The third kappa shape index (κ3) is 5.90. The summed E-state index contributed by atoms with van der Waals surface area (Å²) >= 11 is 0. The maximum atomic E-state index is 14.9. The van der Waals surface area contributed by atoms with E-state index >= 15 is 0 Å². The van der Waals surface area contributed by atoms with Gasteiger partial charge in [-0.3, -0.25) is 14.5 Å². The summed E-state index contributed by atoms with van der Waals surface area (Å²) in [6, 6.07) is 13.0. The molecule has 198 valence electrons. The average Bonchev–Trinajstić information content (AvgIpc) is 3.44. The fourth-order valence-electron chi connectivity index (χ4n) is 6.07. The summed E-state index contributed by atoms with van der Waals surface area (Å²) < 4.78 is 20.6. The minimum absolute atomic E-state index is 0.129. The molecule has 3 aliphatic rings. The summed E-state index contributed by atoms with van der Waals surface area (Å²) in [5, 5.41) is 2.95. The van der Waals surface area contributed by atoms with Crippen molar-refractivity contribution < 1.29 is 18.7 Å². The Kier molecular flexibility index (Phi) is 7.14. The van der Waals surface area contributed by atoms with E-state index in [0.29, 0.717) is 6.42 Å². The molecule has 1 aliphatic heterocycles. The van der Waals surface area contributed by atoms with E-state index in [-0.39, 0.29) is 29.5 Å². The molecule has 2 fully saturated rings. The number of esters is 1. The summed E-state index contributed by atoms with van der Waals surface area (Å²) in [4.78, 5) is 28.8. The quantitative estimate of drug-likeness (QED) is 0.465. The molecule has 5 rings (SSSR count). The Labute approximate surface area is 219 Å². The van der Waals surface area contributed by atoms with Crippen LogP contribution < -0.4 is 5.32 Å². The maximum Gasteiger partial charge on any atom is 0.312 e. The van der Waals surface area contributed by atoms with Crippen LogP contribution in [0.25, 0.3) is 0 Å². The van der Waals surface area contributed by atoms with Gasteiger partial charge in [-0.15, -0.1) is 0 Å². The van der Waals surface area contributed by atoms with Crippen molar-refractivity contribution in [2.45, 2.75) is 90.3 Å². The first-order valence-corrected chi connectivity index (χ1v) is 13.8. The van der Waals surface area contributed by atoms with Gasteiger partial charge in [0.15, 0.2) is 0 Å². The first-order valence-electron chi connectivity index (χ1n) is 13.8. The Morgan fingerprint density at radius 3 is 2.49 bits per heavy atom. The molecule has 5 nitrogen and oxygen atoms in total. The Morgan fingerprint density at radius 2 is 1.81 bits per heavy atom. The molecule has 1 amide bonds. The van der Waals surface area contributed by atoms with Gasteiger partial charge >= 0.3 is 5.97 Å². The third-order valence-corrected chi connectivity index (χ3v) is 8.19. The average molecular weight is 507 g/mol. The van der Waals surface area contributed by atoms with Gasteiger partial charge in [-0.05, 0) is 94.0 Å². The Morgan fingerprint density at radius 1 is 1.11 bits per heavy atom. The van der Waals surface area contributed by atoms with Crippen LogP contribution in [0.15, 0.2) is 42.5 Å². The number of ether oxygens (including phenoxy) is 1. The number of carbonyl (C=O) groups is 2. The Bertz CT molecular complexity index is 1160. The van der Waals surface area contributed by atoms with E-state index < -0.39 is 16.8 Å². The SMILES string of the molecule is CC(C)(C)OC(=O)C1(Cc2ccc(F)c(NC(=O)C(C3CCCC3)N3CCc4ccccc4C3)c2)CC1. The van der Waals surface area contributed by atoms with E-state index in [4.69, 9.17) is 4.74 Å². The molecule has 0 aromatic heterocycles. The highest BCUT2D eigenvalue weighted by molar-refractivity contribution is 5.95. The number of carbonyl (C=O) groups excluding carboxylic acids is 2. The predicted molar refractivity (Wildman–Crippen MR) is 143 cm³/mol. The minimum Gasteiger partial charge on any atom is -0.460 e. The van der Waals surface area contributed by atoms with Crippen LogP contribution in [-0.4, -0.2) is 35.0 Å². The van der Waals surface area contributed by atoms with E-state index in [9.17, 15) is 14.0 Å². The lowest BCUT2D eigenvalue weighted by Crippen LogP contribution is -2.50. The van der Waals surface area contributed by atoms with Crippen LogP contribution in [-0.2, 0) is 33.7 Å². The van der Waals surface area contributed by atoms with E-state index in [1.165, 1.54) is 17.2 Å². The van der Waals surface area contributed by atoms with Crippen LogP contribution in [0.2, 0.25) is 0 Å². The van der Waals surface area contributed by atoms with Gasteiger partial charge in [0, 0.05) is 13.1 Å². The zero-order chi connectivity index (χ0) is 26.2. The van der Waals surface area contributed by atoms with Crippen LogP contribution in [0.4, 0.5) is 10.1 Å². The highest BCUT2D eigenvalue weighted by Crippen LogP contribution is 2.50. The maximum absolute atomic E-state index is 14.9. The van der Waals surface area contributed by atoms with Gasteiger partial charge < -0.3 is 10.1 Å². The molecule has 1 heterocycles. The predicted octanol–water partition coefficient (Wildman–Crippen LogP) is 6.05. The van der Waals surface area contributed by atoms with Crippen molar-refractivity contribution >= 4 is 17.6 Å². The van der Waals surface area contributed by atoms with Crippen molar-refractivity contribution in [3.63, 3.8) is 0 Å². The van der Waals surface area contributed by atoms with Crippen molar-refractivity contribution in [2.75, 3.05) is 11.9 Å². The van der Waals surface area contributed by atoms with Gasteiger partial charge in [-0.1, -0.05) is 43.2 Å². The summed E-state index contributed by atoms with van der Waals surface area (Å²) in [7, 11) is 0. The molecule has 2 aliphatic carbocycles. The summed E-state index contributed by atoms with van der Waals surface area (Å²) in [5.41, 5.74) is 2.57. The normalized spacial score (nSPS) is 20.2. The highest BCUT2D eigenvalue weighted by atomic mass is 19.1. The lowest BCUT2D eigenvalue weighted by molar-refractivity contribution is -0.161. The third-order valence-electron chi connectivity index (χ3n) is 8.19. The lowest BCUT2D eigenvalue weighted by Gasteiger charge is -2.37. The van der Waals surface area contributed by atoms with Crippen LogP contribution in [0.3, 0.4) is 0 Å². The van der Waals surface area contributed by atoms with Gasteiger partial charge in [0.1, 0.15) is 11.4 Å². The molecule has 0 saturated heterocycles. The molecule has 1 N–H and O–H groups in total. The second-order valence-corrected chi connectivity index (χ2v) is 12.2. The molecular weight excluding hydrogens is 467 g/mol. The Hall–Kier alpha value is -2.73. The van der Waals surface area contributed by atoms with Gasteiger partial charge in [0.25, 0.3) is 0 Å². The summed E-state index contributed by atoms with van der Waals surface area (Å²) in [5.74, 6) is -0.496. The molecule has 2 aromatic rings. The number of hydrogen-bond donors (Lipinski definition) is 1. The molecular formula is C31H39FN2O3. The molecule has 0 radical (unpaired) electrons. The second-order valence-electron chi connectivity index (χ2n) is 12.2. The Balaban J connectivity index is 1.33. The molecule has 1 unspecified atom stereocenters. The number of fused-ring (bicyclic) bond motifs is 1. The summed E-state index contributed by atoms with van der Waals surface area (Å²) in [6.07, 6.45) is 7.25. The number of nitrogens with one attached hydrogen (secondary N) is 1. The minimum atomic E-state index is -0.543. The lowest BCUT2D eigenvalue weighted by atomic mass is 9.91. The molecule has 37 heavy (non-hydrogen) atoms. The number of rotatable bonds is 7. The fourth-order valence-corrected chi connectivity index (χ4v) is 6.07. The number of nitrogens with zero attached hydrogens (tertiary/aromatic N) is 1. The van der Waals surface area contributed by atoms with Crippen LogP contribution in [0.1, 0.15) is 76.0 Å². The standard InChI is InChI=1S/C31H39FN2O3/c1-30(2,3)37-29(36)31(15-16-31)19-21-12-13-25(32)26(18-21)33-28(35)27(23-9-5-6-10-23)34-17-14-22-8-4-7-11-24(22)20-34/h4,7-8,11-13,18,23,27H,5-6,9-10,14-17,19-20H2,1-3H3,(H,33,35). The molecule has 0 bridgehead atoms. The molecule has 2 saturated carbocycles. The second kappa shape index (κ2) is 10.2. The zero-order valence-corrected chi connectivity index (χ0v) is 22.3. The monoisotopic (exact) mass is 506 g/mol. The van der Waals surface area contributed by atoms with Crippen molar-refractivity contribution in [2.24, 2.45) is 11.3 Å². The van der Waals surface area contributed by atoms with Crippen LogP contribution >= 0.6 is 0 Å². The highest BCUT2D eigenvalue weighted by Gasteiger charge is 2.52. The topological polar surface area (TPSA) is 58.6 Å². The van der Waals surface area contributed by atoms with E-state index in [1.807, 2.05) is 20.8 Å². The number of benzene rings is 2. The smallest absolute Gasteiger partial charge is 0.312 e. The fraction of sp³-hybridized carbons (Fsp3) is 0.548. The molecule has 0 spiro atoms. The van der Waals surface area contributed by atoms with Gasteiger partial charge in [-0.2, -0.15) is 0 Å². The molecule has 1 atom stereocenters. The van der Waals surface area contributed by atoms with Crippen LogP contribution in [0.5, 0.6) is 0 Å². The number of anilines is 1. The van der Waals surface area contributed by atoms with Crippen molar-refractivity contribution in [1.29, 1.82) is 0 Å². The van der Waals surface area contributed by atoms with Gasteiger partial charge in [0.05, 0.1) is 17.1 Å². The number of hydrogen-bond acceptors (Lipinski definition) is 4. The van der Waals surface area contributed by atoms with Crippen molar-refractivity contribution in [1.82, 2.24) is 4.90 Å². The van der Waals surface area contributed by atoms with Crippen molar-refractivity contribution in [3.8, 4) is 0 Å². The zero-order valence-electron chi connectivity index (χ0n) is 22.3. The van der Waals surface area contributed by atoms with E-state index in [1.54, 1.807) is 12.1 Å². The van der Waals surface area contributed by atoms with E-state index in [2.05, 4.69) is 34.5 Å².